The Bertz CT molecular complexity index is 2190. The van der Waals surface area contributed by atoms with E-state index < -0.39 is 5.60 Å². The van der Waals surface area contributed by atoms with Gasteiger partial charge in [-0.1, -0.05) is 135 Å². The summed E-state index contributed by atoms with van der Waals surface area (Å²) in [7, 11) is 0. The van der Waals surface area contributed by atoms with Crippen molar-refractivity contribution in [2.75, 3.05) is 4.90 Å². The number of rotatable bonds is 5. The van der Waals surface area contributed by atoms with Crippen molar-refractivity contribution in [3.05, 3.63) is 204 Å². The second-order valence-electron chi connectivity index (χ2n) is 11.9. The summed E-state index contributed by atoms with van der Waals surface area (Å²) < 4.78 is 7.43. The molecule has 1 aliphatic heterocycles. The van der Waals surface area contributed by atoms with Crippen molar-refractivity contribution in [1.82, 2.24) is 0 Å². The van der Waals surface area contributed by atoms with Crippen molar-refractivity contribution >= 4 is 28.7 Å². The highest BCUT2D eigenvalue weighted by Gasteiger charge is 2.50. The van der Waals surface area contributed by atoms with Gasteiger partial charge in [-0.2, -0.15) is 0 Å². The maximum atomic E-state index is 7.43. The standard InChI is InChI=1S/C44H33NO/c1-4-5-17-32-18-9-13-25-41(32)45(33-19-7-6-8-20-33)34-27-28-35-31(3)36-21-11-14-26-42(36)46-44(40(35)29-34)38-23-12-10-22-37(38)43-30(2)16-15-24-39(43)44/h4-29H,1,3H2,2H3/b17-5-. The maximum Gasteiger partial charge on any atom is 0.186 e. The van der Waals surface area contributed by atoms with E-state index in [9.17, 15) is 0 Å². The van der Waals surface area contributed by atoms with E-state index in [0.29, 0.717) is 0 Å². The fourth-order valence-corrected chi connectivity index (χ4v) is 7.28. The molecule has 1 heterocycles. The third-order valence-electron chi connectivity index (χ3n) is 9.27. The van der Waals surface area contributed by atoms with E-state index >= 15 is 0 Å². The molecule has 0 radical (unpaired) electrons. The first-order valence-corrected chi connectivity index (χ1v) is 15.7. The van der Waals surface area contributed by atoms with Crippen LogP contribution in [-0.4, -0.2) is 0 Å². The van der Waals surface area contributed by atoms with Gasteiger partial charge >= 0.3 is 0 Å². The van der Waals surface area contributed by atoms with Crippen LogP contribution in [-0.2, 0) is 5.60 Å². The lowest BCUT2D eigenvalue weighted by Crippen LogP contribution is -2.34. The van der Waals surface area contributed by atoms with Crippen LogP contribution < -0.4 is 9.64 Å². The Labute approximate surface area is 270 Å². The molecule has 0 saturated carbocycles. The number of aryl methyl sites for hydroxylation is 1. The molecule has 0 aromatic heterocycles. The monoisotopic (exact) mass is 591 g/mol. The minimum atomic E-state index is -0.885. The number of anilines is 3. The van der Waals surface area contributed by atoms with Gasteiger partial charge in [0.1, 0.15) is 5.75 Å². The largest absolute Gasteiger partial charge is 0.472 e. The van der Waals surface area contributed by atoms with Crippen LogP contribution in [0.3, 0.4) is 0 Å². The van der Waals surface area contributed by atoms with Crippen molar-refractivity contribution in [2.45, 2.75) is 12.5 Å². The van der Waals surface area contributed by atoms with Crippen LogP contribution in [0.2, 0.25) is 0 Å². The quantitative estimate of drug-likeness (QED) is 0.185. The molecule has 2 heteroatoms. The lowest BCUT2D eigenvalue weighted by atomic mass is 9.79. The van der Waals surface area contributed by atoms with Gasteiger partial charge < -0.3 is 9.64 Å². The molecular formula is C44H33NO. The number of benzene rings is 6. The van der Waals surface area contributed by atoms with E-state index in [4.69, 9.17) is 4.74 Å². The van der Waals surface area contributed by atoms with E-state index in [-0.39, 0.29) is 0 Å². The molecular weight excluding hydrogens is 558 g/mol. The van der Waals surface area contributed by atoms with Crippen molar-refractivity contribution in [1.29, 1.82) is 0 Å². The molecule has 1 atom stereocenters. The highest BCUT2D eigenvalue weighted by molar-refractivity contribution is 5.92. The Morgan fingerprint density at radius 3 is 2.20 bits per heavy atom. The van der Waals surface area contributed by atoms with E-state index in [1.807, 2.05) is 18.2 Å². The summed E-state index contributed by atoms with van der Waals surface area (Å²) in [6, 6.07) is 49.4. The minimum Gasteiger partial charge on any atom is -0.472 e. The zero-order valence-corrected chi connectivity index (χ0v) is 25.8. The Balaban J connectivity index is 1.47. The van der Waals surface area contributed by atoms with Gasteiger partial charge in [-0.15, -0.1) is 0 Å². The SMILES string of the molecule is C=C/C=C\c1ccccc1N(c1ccccc1)c1ccc2c(c1)C1(Oc3ccccc3C2=C)c2ccccc2-c2c(C)cccc21. The second kappa shape index (κ2) is 10.9. The molecule has 1 unspecified atom stereocenters. The van der Waals surface area contributed by atoms with Crippen LogP contribution in [0.5, 0.6) is 5.75 Å². The van der Waals surface area contributed by atoms with E-state index in [2.05, 4.69) is 165 Å². The number of hydrogen-bond donors (Lipinski definition) is 0. The fourth-order valence-electron chi connectivity index (χ4n) is 7.28. The summed E-state index contributed by atoms with van der Waals surface area (Å²) in [6.45, 7) is 10.8. The zero-order chi connectivity index (χ0) is 31.3. The van der Waals surface area contributed by atoms with Gasteiger partial charge in [-0.05, 0) is 76.7 Å². The van der Waals surface area contributed by atoms with Gasteiger partial charge in [0.05, 0.1) is 5.69 Å². The summed E-state index contributed by atoms with van der Waals surface area (Å²) in [6.07, 6.45) is 5.90. The Morgan fingerprint density at radius 2 is 1.35 bits per heavy atom. The van der Waals surface area contributed by atoms with Crippen molar-refractivity contribution < 1.29 is 4.74 Å². The number of allylic oxidation sites excluding steroid dienone is 2. The highest BCUT2D eigenvalue weighted by atomic mass is 16.5. The van der Waals surface area contributed by atoms with Crippen LogP contribution >= 0.6 is 0 Å². The average Bonchev–Trinajstić information content (AvgIpc) is 3.33. The normalized spacial score (nSPS) is 15.8. The van der Waals surface area contributed by atoms with Crippen LogP contribution in [0, 0.1) is 6.92 Å². The van der Waals surface area contributed by atoms with Gasteiger partial charge in [-0.3, -0.25) is 0 Å². The molecule has 46 heavy (non-hydrogen) atoms. The van der Waals surface area contributed by atoms with E-state index in [1.54, 1.807) is 0 Å². The molecule has 1 spiro atoms. The van der Waals surface area contributed by atoms with Gasteiger partial charge in [0.15, 0.2) is 5.60 Å². The molecule has 0 saturated heterocycles. The molecule has 6 aromatic carbocycles. The highest BCUT2D eigenvalue weighted by Crippen LogP contribution is 2.58. The molecule has 2 aliphatic rings. The molecule has 1 aliphatic carbocycles. The van der Waals surface area contributed by atoms with Crippen molar-refractivity contribution in [2.24, 2.45) is 0 Å². The summed E-state index contributed by atoms with van der Waals surface area (Å²) in [5.74, 6) is 0.828. The minimum absolute atomic E-state index is 0.828. The third-order valence-corrected chi connectivity index (χ3v) is 9.27. The van der Waals surface area contributed by atoms with Crippen LogP contribution in [0.15, 0.2) is 165 Å². The molecule has 0 N–H and O–H groups in total. The number of para-hydroxylation sites is 3. The van der Waals surface area contributed by atoms with Crippen molar-refractivity contribution in [3.8, 4) is 16.9 Å². The Kier molecular flexibility index (Phi) is 6.58. The zero-order valence-electron chi connectivity index (χ0n) is 25.8. The van der Waals surface area contributed by atoms with Gasteiger partial charge in [0.25, 0.3) is 0 Å². The summed E-state index contributed by atoms with van der Waals surface area (Å²) >= 11 is 0. The average molecular weight is 592 g/mol. The number of nitrogens with zero attached hydrogens (tertiary/aromatic N) is 1. The first kappa shape index (κ1) is 27.7. The molecule has 0 bridgehead atoms. The second-order valence-corrected chi connectivity index (χ2v) is 11.9. The lowest BCUT2D eigenvalue weighted by molar-refractivity contribution is 0.161. The summed E-state index contributed by atoms with van der Waals surface area (Å²) in [5, 5.41) is 0. The Hall–Kier alpha value is -5.86. The fraction of sp³-hybridized carbons (Fsp3) is 0.0455. The first-order valence-electron chi connectivity index (χ1n) is 15.7. The summed E-state index contributed by atoms with van der Waals surface area (Å²) in [4.78, 5) is 2.33. The van der Waals surface area contributed by atoms with E-state index in [1.165, 1.54) is 16.7 Å². The topological polar surface area (TPSA) is 12.5 Å². The predicted molar refractivity (Wildman–Crippen MR) is 192 cm³/mol. The molecule has 220 valence electrons. The van der Waals surface area contributed by atoms with Crippen LogP contribution in [0.25, 0.3) is 22.8 Å². The number of fused-ring (bicyclic) bond motifs is 8. The molecule has 2 nitrogen and oxygen atoms in total. The lowest BCUT2D eigenvalue weighted by Gasteiger charge is -2.35. The van der Waals surface area contributed by atoms with Gasteiger partial charge in [0.2, 0.25) is 0 Å². The first-order chi connectivity index (χ1) is 22.6. The number of ether oxygens (including phenoxy) is 1. The Morgan fingerprint density at radius 1 is 0.630 bits per heavy atom. The number of hydrogen-bond acceptors (Lipinski definition) is 2. The predicted octanol–water partition coefficient (Wildman–Crippen LogP) is 11.4. The van der Waals surface area contributed by atoms with Gasteiger partial charge in [0, 0.05) is 33.6 Å². The smallest absolute Gasteiger partial charge is 0.186 e. The molecule has 0 amide bonds. The van der Waals surface area contributed by atoms with E-state index in [0.717, 1.165) is 61.8 Å². The van der Waals surface area contributed by atoms with Gasteiger partial charge in [-0.25, -0.2) is 0 Å². The van der Waals surface area contributed by atoms with Crippen molar-refractivity contribution in [3.63, 3.8) is 0 Å². The molecule has 6 aromatic rings. The molecule has 0 fully saturated rings. The molecule has 8 rings (SSSR count). The maximum absolute atomic E-state index is 7.43. The third kappa shape index (κ3) is 4.11. The van der Waals surface area contributed by atoms with Crippen LogP contribution in [0.1, 0.15) is 38.9 Å². The summed E-state index contributed by atoms with van der Waals surface area (Å²) in [5.41, 5.74) is 13.4. The van der Waals surface area contributed by atoms with Crippen LogP contribution in [0.4, 0.5) is 17.1 Å².